The fraction of sp³-hybridized carbons (Fsp3) is 0.269. The lowest BCUT2D eigenvalue weighted by Gasteiger charge is -2.14. The molecule has 1 aliphatic heterocycles. The van der Waals surface area contributed by atoms with Crippen LogP contribution in [0.4, 0.5) is 5.69 Å². The Morgan fingerprint density at radius 2 is 1.88 bits per heavy atom. The molecule has 0 unspecified atom stereocenters. The van der Waals surface area contributed by atoms with E-state index in [4.69, 9.17) is 14.2 Å². The first-order valence-corrected chi connectivity index (χ1v) is 11.6. The number of thioether (sulfide) groups is 1. The van der Waals surface area contributed by atoms with Crippen LogP contribution in [0.1, 0.15) is 23.2 Å². The molecule has 5 nitrogen and oxygen atoms in total. The second-order valence-corrected chi connectivity index (χ2v) is 8.60. The summed E-state index contributed by atoms with van der Waals surface area (Å²) in [5.74, 6) is 2.25. The quantitative estimate of drug-likeness (QED) is 0.434. The summed E-state index contributed by atoms with van der Waals surface area (Å²) in [5.41, 5.74) is 3.25. The van der Waals surface area contributed by atoms with E-state index in [0.717, 1.165) is 52.7 Å². The molecular weight excluding hydrogens is 422 g/mol. The van der Waals surface area contributed by atoms with Crippen LogP contribution in [-0.2, 0) is 4.74 Å². The van der Waals surface area contributed by atoms with Gasteiger partial charge in [0, 0.05) is 28.5 Å². The van der Waals surface area contributed by atoms with Gasteiger partial charge in [-0.1, -0.05) is 24.3 Å². The van der Waals surface area contributed by atoms with Crippen LogP contribution in [0, 0.1) is 0 Å². The van der Waals surface area contributed by atoms with Crippen molar-refractivity contribution >= 4 is 23.4 Å². The Balaban J connectivity index is 1.53. The minimum Gasteiger partial charge on any atom is -0.497 e. The molecule has 0 bridgehead atoms. The molecule has 0 aromatic heterocycles. The van der Waals surface area contributed by atoms with Gasteiger partial charge in [-0.2, -0.15) is 0 Å². The summed E-state index contributed by atoms with van der Waals surface area (Å²) in [7, 11) is 3.28. The summed E-state index contributed by atoms with van der Waals surface area (Å²) in [6.45, 7) is 0.835. The van der Waals surface area contributed by atoms with Crippen LogP contribution in [0.15, 0.2) is 71.6 Å². The van der Waals surface area contributed by atoms with E-state index < -0.39 is 0 Å². The highest BCUT2D eigenvalue weighted by Gasteiger charge is 2.18. The molecule has 1 heterocycles. The molecule has 1 N–H and O–H groups in total. The first-order valence-electron chi connectivity index (χ1n) is 10.6. The van der Waals surface area contributed by atoms with Gasteiger partial charge >= 0.3 is 0 Å². The summed E-state index contributed by atoms with van der Waals surface area (Å²) < 4.78 is 16.5. The normalized spacial score (nSPS) is 15.4. The van der Waals surface area contributed by atoms with Crippen LogP contribution in [0.2, 0.25) is 0 Å². The van der Waals surface area contributed by atoms with Gasteiger partial charge in [0.1, 0.15) is 11.5 Å². The maximum atomic E-state index is 13.1. The highest BCUT2D eigenvalue weighted by atomic mass is 32.2. The van der Waals surface area contributed by atoms with Crippen LogP contribution in [-0.4, -0.2) is 38.6 Å². The Morgan fingerprint density at radius 1 is 1.06 bits per heavy atom. The SMILES string of the molecule is COc1ccc(-c2cc(NC(=O)c3ccccc3SC[C@@H]3CCCO3)ccc2OC)cc1. The molecule has 0 saturated carbocycles. The van der Waals surface area contributed by atoms with Crippen molar-refractivity contribution in [3.63, 3.8) is 0 Å². The number of benzene rings is 3. The van der Waals surface area contributed by atoms with E-state index in [1.165, 1.54) is 0 Å². The molecule has 4 rings (SSSR count). The summed E-state index contributed by atoms with van der Waals surface area (Å²) >= 11 is 1.68. The number of amides is 1. The third-order valence-corrected chi connectivity index (χ3v) is 6.64. The van der Waals surface area contributed by atoms with Crippen molar-refractivity contribution in [3.05, 3.63) is 72.3 Å². The van der Waals surface area contributed by atoms with Crippen molar-refractivity contribution < 1.29 is 19.0 Å². The second-order valence-electron chi connectivity index (χ2n) is 7.54. The maximum absolute atomic E-state index is 13.1. The van der Waals surface area contributed by atoms with Gasteiger partial charge in [0.05, 0.1) is 25.9 Å². The standard InChI is InChI=1S/C26H27NO4S/c1-29-20-12-9-18(10-13-20)23-16-19(11-14-24(23)30-2)27-26(28)22-7-3-4-8-25(22)32-17-21-6-5-15-31-21/h3-4,7-14,16,21H,5-6,15,17H2,1-2H3,(H,27,28)/t21-/m0/s1. The van der Waals surface area contributed by atoms with E-state index in [-0.39, 0.29) is 12.0 Å². The third kappa shape index (κ3) is 5.26. The van der Waals surface area contributed by atoms with Crippen molar-refractivity contribution in [1.82, 2.24) is 0 Å². The van der Waals surface area contributed by atoms with Gasteiger partial charge in [-0.05, 0) is 60.9 Å². The number of hydrogen-bond acceptors (Lipinski definition) is 5. The molecule has 166 valence electrons. The van der Waals surface area contributed by atoms with Gasteiger partial charge in [0.2, 0.25) is 0 Å². The van der Waals surface area contributed by atoms with Crippen molar-refractivity contribution in [3.8, 4) is 22.6 Å². The molecule has 0 aliphatic carbocycles. The van der Waals surface area contributed by atoms with Gasteiger partial charge in [-0.15, -0.1) is 11.8 Å². The first-order chi connectivity index (χ1) is 15.7. The molecule has 1 aliphatic rings. The van der Waals surface area contributed by atoms with Crippen LogP contribution in [0.5, 0.6) is 11.5 Å². The topological polar surface area (TPSA) is 56.8 Å². The Kier molecular flexibility index (Phi) is 7.35. The van der Waals surface area contributed by atoms with Gasteiger partial charge in [0.15, 0.2) is 0 Å². The summed E-state index contributed by atoms with van der Waals surface area (Å²) in [5, 5.41) is 3.05. The molecule has 6 heteroatoms. The van der Waals surface area contributed by atoms with Gasteiger partial charge < -0.3 is 19.5 Å². The van der Waals surface area contributed by atoms with E-state index in [1.807, 2.05) is 66.7 Å². The van der Waals surface area contributed by atoms with Gasteiger partial charge in [-0.3, -0.25) is 4.79 Å². The molecule has 3 aromatic rings. The van der Waals surface area contributed by atoms with Crippen molar-refractivity contribution in [2.45, 2.75) is 23.8 Å². The number of nitrogens with one attached hydrogen (secondary N) is 1. The van der Waals surface area contributed by atoms with E-state index in [1.54, 1.807) is 26.0 Å². The largest absolute Gasteiger partial charge is 0.497 e. The number of carbonyl (C=O) groups excluding carboxylic acids is 1. The van der Waals surface area contributed by atoms with E-state index in [2.05, 4.69) is 5.32 Å². The Morgan fingerprint density at radius 3 is 2.59 bits per heavy atom. The van der Waals surface area contributed by atoms with Crippen molar-refractivity contribution in [2.75, 3.05) is 31.9 Å². The number of anilines is 1. The zero-order chi connectivity index (χ0) is 22.3. The molecular formula is C26H27NO4S. The fourth-order valence-electron chi connectivity index (χ4n) is 3.72. The Bertz CT molecular complexity index is 1060. The summed E-state index contributed by atoms with van der Waals surface area (Å²) in [6, 6.07) is 21.1. The lowest BCUT2D eigenvalue weighted by Crippen LogP contribution is -2.14. The lowest BCUT2D eigenvalue weighted by atomic mass is 10.0. The lowest BCUT2D eigenvalue weighted by molar-refractivity contribution is 0.102. The molecule has 1 fully saturated rings. The third-order valence-electron chi connectivity index (χ3n) is 5.44. The number of hydrogen-bond donors (Lipinski definition) is 1. The molecule has 32 heavy (non-hydrogen) atoms. The van der Waals surface area contributed by atoms with Gasteiger partial charge in [0.25, 0.3) is 5.91 Å². The number of methoxy groups -OCH3 is 2. The molecule has 0 radical (unpaired) electrons. The average Bonchev–Trinajstić information content (AvgIpc) is 3.36. The minimum atomic E-state index is -0.133. The molecule has 1 atom stereocenters. The van der Waals surface area contributed by atoms with E-state index in [0.29, 0.717) is 11.3 Å². The number of rotatable bonds is 8. The molecule has 0 spiro atoms. The van der Waals surface area contributed by atoms with Gasteiger partial charge in [-0.25, -0.2) is 0 Å². The minimum absolute atomic E-state index is 0.133. The Hall–Kier alpha value is -2.96. The zero-order valence-electron chi connectivity index (χ0n) is 18.3. The van der Waals surface area contributed by atoms with Crippen LogP contribution in [0.25, 0.3) is 11.1 Å². The zero-order valence-corrected chi connectivity index (χ0v) is 19.1. The first kappa shape index (κ1) is 22.2. The van der Waals surface area contributed by atoms with Crippen molar-refractivity contribution in [2.24, 2.45) is 0 Å². The smallest absolute Gasteiger partial charge is 0.256 e. The highest BCUT2D eigenvalue weighted by Crippen LogP contribution is 2.34. The van der Waals surface area contributed by atoms with Crippen molar-refractivity contribution in [1.29, 1.82) is 0 Å². The second kappa shape index (κ2) is 10.6. The van der Waals surface area contributed by atoms with E-state index in [9.17, 15) is 4.79 Å². The predicted octanol–water partition coefficient (Wildman–Crippen LogP) is 5.89. The maximum Gasteiger partial charge on any atom is 0.256 e. The fourth-order valence-corrected chi connectivity index (χ4v) is 4.84. The predicted molar refractivity (Wildman–Crippen MR) is 129 cm³/mol. The summed E-state index contributed by atoms with van der Waals surface area (Å²) in [4.78, 5) is 14.1. The monoisotopic (exact) mass is 449 g/mol. The molecule has 1 amide bonds. The summed E-state index contributed by atoms with van der Waals surface area (Å²) in [6.07, 6.45) is 2.47. The average molecular weight is 450 g/mol. The number of ether oxygens (including phenoxy) is 3. The molecule has 1 saturated heterocycles. The van der Waals surface area contributed by atoms with Crippen LogP contribution >= 0.6 is 11.8 Å². The van der Waals surface area contributed by atoms with Crippen LogP contribution in [0.3, 0.4) is 0 Å². The van der Waals surface area contributed by atoms with Crippen LogP contribution < -0.4 is 14.8 Å². The van der Waals surface area contributed by atoms with E-state index >= 15 is 0 Å². The molecule has 3 aromatic carbocycles. The Labute approximate surface area is 193 Å². The highest BCUT2D eigenvalue weighted by molar-refractivity contribution is 7.99. The number of carbonyl (C=O) groups is 1.